The van der Waals surface area contributed by atoms with E-state index in [-0.39, 0.29) is 5.91 Å². The van der Waals surface area contributed by atoms with Gasteiger partial charge in [0.15, 0.2) is 0 Å². The molecule has 0 saturated carbocycles. The topological polar surface area (TPSA) is 67.4 Å². The molecule has 1 saturated heterocycles. The van der Waals surface area contributed by atoms with Gasteiger partial charge < -0.3 is 15.0 Å². The average molecular weight is 481 g/mol. The highest BCUT2D eigenvalue weighted by molar-refractivity contribution is 7.99. The minimum atomic E-state index is -0.277. The van der Waals surface area contributed by atoms with Crippen LogP contribution >= 0.6 is 23.4 Å². The highest BCUT2D eigenvalue weighted by Crippen LogP contribution is 2.35. The largest absolute Gasteiger partial charge is 0.378 e. The first-order chi connectivity index (χ1) is 16.0. The summed E-state index contributed by atoms with van der Waals surface area (Å²) in [5, 5.41) is 4.11. The predicted molar refractivity (Wildman–Crippen MR) is 133 cm³/mol. The fourth-order valence-corrected chi connectivity index (χ4v) is 4.60. The van der Waals surface area contributed by atoms with Gasteiger partial charge in [-0.1, -0.05) is 42.1 Å². The molecule has 1 fully saturated rings. The molecular formula is C25H25ClN4O2S. The Morgan fingerprint density at radius 2 is 2.00 bits per heavy atom. The van der Waals surface area contributed by atoms with Gasteiger partial charge in [0.25, 0.3) is 0 Å². The number of hydrogen-bond donors (Lipinski definition) is 1. The quantitative estimate of drug-likeness (QED) is 0.373. The number of carbonyl (C=O) groups is 1. The van der Waals surface area contributed by atoms with E-state index in [1.807, 2.05) is 25.3 Å². The van der Waals surface area contributed by atoms with E-state index in [4.69, 9.17) is 21.3 Å². The molecule has 1 amide bonds. The summed E-state index contributed by atoms with van der Waals surface area (Å²) in [7, 11) is 0. The van der Waals surface area contributed by atoms with E-state index in [0.717, 1.165) is 53.2 Å². The lowest BCUT2D eigenvalue weighted by atomic mass is 10.1. The van der Waals surface area contributed by atoms with Crippen LogP contribution in [-0.4, -0.2) is 42.2 Å². The SMILES string of the molecule is C=CC(=O)Nc1ccc(Sc2nc(Cc3ccc(N4CCOCC4)cc3)ncc2C)c(Cl)c1. The fourth-order valence-electron chi connectivity index (χ4n) is 3.44. The van der Waals surface area contributed by atoms with Gasteiger partial charge in [-0.2, -0.15) is 0 Å². The molecule has 1 aliphatic rings. The number of nitrogens with one attached hydrogen (secondary N) is 1. The zero-order valence-electron chi connectivity index (χ0n) is 18.4. The Balaban J connectivity index is 1.45. The van der Waals surface area contributed by atoms with Gasteiger partial charge in [0, 0.05) is 42.0 Å². The molecular weight excluding hydrogens is 456 g/mol. The van der Waals surface area contributed by atoms with Gasteiger partial charge in [0.05, 0.1) is 18.2 Å². The van der Waals surface area contributed by atoms with Crippen LogP contribution in [0.1, 0.15) is 17.0 Å². The van der Waals surface area contributed by atoms with E-state index in [0.29, 0.717) is 17.1 Å². The second kappa shape index (κ2) is 10.8. The van der Waals surface area contributed by atoms with Crippen molar-refractivity contribution in [2.24, 2.45) is 0 Å². The smallest absolute Gasteiger partial charge is 0.247 e. The Morgan fingerprint density at radius 1 is 1.24 bits per heavy atom. The van der Waals surface area contributed by atoms with E-state index in [9.17, 15) is 4.79 Å². The van der Waals surface area contributed by atoms with Crippen LogP contribution in [0.2, 0.25) is 5.02 Å². The molecule has 6 nitrogen and oxygen atoms in total. The summed E-state index contributed by atoms with van der Waals surface area (Å²) in [5.41, 5.74) is 3.97. The number of amides is 1. The molecule has 170 valence electrons. The normalized spacial score (nSPS) is 13.6. The molecule has 0 unspecified atom stereocenters. The first kappa shape index (κ1) is 23.3. The maximum absolute atomic E-state index is 11.5. The van der Waals surface area contributed by atoms with Gasteiger partial charge in [-0.15, -0.1) is 0 Å². The van der Waals surface area contributed by atoms with Crippen LogP contribution < -0.4 is 10.2 Å². The van der Waals surface area contributed by atoms with Gasteiger partial charge in [-0.25, -0.2) is 9.97 Å². The molecule has 0 spiro atoms. The highest BCUT2D eigenvalue weighted by Gasteiger charge is 2.13. The van der Waals surface area contributed by atoms with E-state index in [1.54, 1.807) is 6.07 Å². The van der Waals surface area contributed by atoms with Crippen molar-refractivity contribution in [1.29, 1.82) is 0 Å². The molecule has 0 radical (unpaired) electrons. The summed E-state index contributed by atoms with van der Waals surface area (Å²) in [4.78, 5) is 24.0. The van der Waals surface area contributed by atoms with Crippen molar-refractivity contribution in [2.75, 3.05) is 36.5 Å². The number of nitrogens with zero attached hydrogens (tertiary/aromatic N) is 3. The molecule has 8 heteroatoms. The van der Waals surface area contributed by atoms with E-state index in [1.165, 1.54) is 23.5 Å². The monoisotopic (exact) mass is 480 g/mol. The molecule has 0 aliphatic carbocycles. The maximum atomic E-state index is 11.5. The number of morpholine rings is 1. The summed E-state index contributed by atoms with van der Waals surface area (Å²) >= 11 is 7.94. The zero-order chi connectivity index (χ0) is 23.2. The molecule has 1 aliphatic heterocycles. The van der Waals surface area contributed by atoms with Crippen LogP contribution in [0, 0.1) is 6.92 Å². The van der Waals surface area contributed by atoms with Gasteiger partial charge in [-0.05, 0) is 54.5 Å². The van der Waals surface area contributed by atoms with Crippen molar-refractivity contribution < 1.29 is 9.53 Å². The van der Waals surface area contributed by atoms with Crippen LogP contribution in [0.3, 0.4) is 0 Å². The first-order valence-electron chi connectivity index (χ1n) is 10.7. The minimum Gasteiger partial charge on any atom is -0.378 e. The predicted octanol–water partition coefficient (Wildman–Crippen LogP) is 5.14. The Hall–Kier alpha value is -2.87. The van der Waals surface area contributed by atoms with Crippen molar-refractivity contribution in [3.05, 3.63) is 83.3 Å². The molecule has 2 heterocycles. The minimum absolute atomic E-state index is 0.277. The third-order valence-electron chi connectivity index (χ3n) is 5.24. The molecule has 0 atom stereocenters. The van der Waals surface area contributed by atoms with Crippen molar-refractivity contribution in [2.45, 2.75) is 23.3 Å². The molecule has 1 aromatic heterocycles. The number of carbonyl (C=O) groups excluding carboxylic acids is 1. The summed E-state index contributed by atoms with van der Waals surface area (Å²) in [5.74, 6) is 0.481. The first-order valence-corrected chi connectivity index (χ1v) is 11.9. The van der Waals surface area contributed by atoms with E-state index >= 15 is 0 Å². The van der Waals surface area contributed by atoms with Crippen LogP contribution in [0.4, 0.5) is 11.4 Å². The number of halogens is 1. The number of hydrogen-bond acceptors (Lipinski definition) is 6. The zero-order valence-corrected chi connectivity index (χ0v) is 20.0. The van der Waals surface area contributed by atoms with Gasteiger partial charge in [0.1, 0.15) is 10.9 Å². The van der Waals surface area contributed by atoms with Gasteiger partial charge in [-0.3, -0.25) is 4.79 Å². The highest BCUT2D eigenvalue weighted by atomic mass is 35.5. The van der Waals surface area contributed by atoms with Crippen molar-refractivity contribution in [3.8, 4) is 0 Å². The molecule has 33 heavy (non-hydrogen) atoms. The van der Waals surface area contributed by atoms with Gasteiger partial charge in [0.2, 0.25) is 5.91 Å². The molecule has 2 aromatic carbocycles. The second-order valence-electron chi connectivity index (χ2n) is 7.66. The summed E-state index contributed by atoms with van der Waals surface area (Å²) < 4.78 is 5.43. The Morgan fingerprint density at radius 3 is 2.70 bits per heavy atom. The molecule has 1 N–H and O–H groups in total. The lowest BCUT2D eigenvalue weighted by Crippen LogP contribution is -2.36. The van der Waals surface area contributed by atoms with Crippen LogP contribution in [-0.2, 0) is 16.0 Å². The summed E-state index contributed by atoms with van der Waals surface area (Å²) in [6.45, 7) is 8.83. The molecule has 0 bridgehead atoms. The number of aromatic nitrogens is 2. The second-order valence-corrected chi connectivity index (χ2v) is 9.10. The van der Waals surface area contributed by atoms with Crippen molar-refractivity contribution in [3.63, 3.8) is 0 Å². The Kier molecular flexibility index (Phi) is 7.65. The van der Waals surface area contributed by atoms with Crippen LogP contribution in [0.15, 0.2) is 71.2 Å². The summed E-state index contributed by atoms with van der Waals surface area (Å²) in [6, 6.07) is 14.0. The molecule has 3 aromatic rings. The third-order valence-corrected chi connectivity index (χ3v) is 6.85. The van der Waals surface area contributed by atoms with Crippen LogP contribution in [0.5, 0.6) is 0 Å². The third kappa shape index (κ3) is 6.13. The number of rotatable bonds is 7. The van der Waals surface area contributed by atoms with Crippen molar-refractivity contribution >= 4 is 40.6 Å². The van der Waals surface area contributed by atoms with E-state index < -0.39 is 0 Å². The van der Waals surface area contributed by atoms with Crippen molar-refractivity contribution in [1.82, 2.24) is 9.97 Å². The fraction of sp³-hybridized carbons (Fsp3) is 0.240. The molecule has 4 rings (SSSR count). The number of ether oxygens (including phenoxy) is 1. The van der Waals surface area contributed by atoms with Crippen LogP contribution in [0.25, 0.3) is 0 Å². The number of aryl methyl sites for hydroxylation is 1. The number of benzene rings is 2. The number of anilines is 2. The summed E-state index contributed by atoms with van der Waals surface area (Å²) in [6.07, 6.45) is 3.72. The van der Waals surface area contributed by atoms with Gasteiger partial charge >= 0.3 is 0 Å². The standard InChI is InChI=1S/C25H25ClN4O2S/c1-3-24(31)28-19-6-9-22(21(26)15-19)33-25-17(2)16-27-23(29-25)14-18-4-7-20(8-5-18)30-10-12-32-13-11-30/h3-9,15-16H,1,10-14H2,2H3,(H,28,31). The maximum Gasteiger partial charge on any atom is 0.247 e. The Labute approximate surface area is 203 Å². The lowest BCUT2D eigenvalue weighted by Gasteiger charge is -2.28. The average Bonchev–Trinajstić information content (AvgIpc) is 2.84. The Bertz CT molecular complexity index is 1150. The lowest BCUT2D eigenvalue weighted by molar-refractivity contribution is -0.111. The van der Waals surface area contributed by atoms with E-state index in [2.05, 4.69) is 46.0 Å².